The zero-order valence-corrected chi connectivity index (χ0v) is 18.0. The van der Waals surface area contributed by atoms with Gasteiger partial charge in [-0.1, -0.05) is 30.8 Å². The predicted molar refractivity (Wildman–Crippen MR) is 116 cm³/mol. The number of hydrogen-bond donors (Lipinski definition) is 0. The number of Topliss-reactive ketones (excluding diaryl/α,β-unsaturated/α-hetero) is 1. The zero-order valence-electron chi connectivity index (χ0n) is 17.2. The molecule has 0 spiro atoms. The minimum Gasteiger partial charge on any atom is -0.349 e. The number of aromatic nitrogens is 3. The molecule has 0 saturated heterocycles. The van der Waals surface area contributed by atoms with E-state index in [1.807, 2.05) is 58.0 Å². The Bertz CT molecular complexity index is 1080. The molecule has 6 heteroatoms. The molecule has 1 aromatic carbocycles. The molecule has 0 saturated carbocycles. The minimum atomic E-state index is -0.0425. The third kappa shape index (κ3) is 3.65. The van der Waals surface area contributed by atoms with Crippen molar-refractivity contribution >= 4 is 28.4 Å². The number of carbonyl (C=O) groups excluding carboxylic acids is 1. The topological polar surface area (TPSA) is 56.9 Å². The highest BCUT2D eigenvalue weighted by Crippen LogP contribution is 2.24. The van der Waals surface area contributed by atoms with Crippen molar-refractivity contribution in [2.24, 2.45) is 0 Å². The van der Waals surface area contributed by atoms with Crippen LogP contribution in [0.3, 0.4) is 0 Å². The van der Waals surface area contributed by atoms with Gasteiger partial charge in [-0.15, -0.1) is 0 Å². The number of fused-ring (bicyclic) bond motifs is 1. The van der Waals surface area contributed by atoms with Gasteiger partial charge >= 0.3 is 0 Å². The molecule has 0 N–H and O–H groups in total. The highest BCUT2D eigenvalue weighted by atomic mass is 32.2. The second-order valence-electron chi connectivity index (χ2n) is 7.08. The van der Waals surface area contributed by atoms with Crippen molar-refractivity contribution in [3.63, 3.8) is 0 Å². The number of benzene rings is 1. The molecule has 0 amide bonds. The lowest BCUT2D eigenvalue weighted by atomic mass is 10.2. The molecule has 5 nitrogen and oxygen atoms in total. The molecule has 0 aliphatic carbocycles. The largest absolute Gasteiger partial charge is 0.349 e. The molecule has 1 atom stereocenters. The number of para-hydroxylation sites is 1. The number of aryl methyl sites for hydroxylation is 1. The van der Waals surface area contributed by atoms with E-state index in [1.54, 1.807) is 4.57 Å². The molecular weight excluding hydrogens is 370 g/mol. The molecule has 28 heavy (non-hydrogen) atoms. The Balaban J connectivity index is 1.96. The van der Waals surface area contributed by atoms with Crippen LogP contribution in [-0.2, 0) is 6.54 Å². The highest BCUT2D eigenvalue weighted by molar-refractivity contribution is 7.99. The first kappa shape index (κ1) is 20.4. The molecule has 0 aliphatic rings. The van der Waals surface area contributed by atoms with Crippen molar-refractivity contribution in [1.82, 2.24) is 14.1 Å². The first-order valence-electron chi connectivity index (χ1n) is 9.73. The molecule has 0 bridgehead atoms. The van der Waals surface area contributed by atoms with E-state index in [2.05, 4.69) is 11.5 Å². The van der Waals surface area contributed by atoms with Crippen LogP contribution in [-0.4, -0.2) is 25.7 Å². The lowest BCUT2D eigenvalue weighted by Gasteiger charge is -2.18. The summed E-state index contributed by atoms with van der Waals surface area (Å²) in [5.74, 6) is 0.325. The van der Waals surface area contributed by atoms with E-state index in [0.29, 0.717) is 16.1 Å². The maximum atomic E-state index is 13.0. The van der Waals surface area contributed by atoms with Crippen LogP contribution in [0.1, 0.15) is 55.0 Å². The van der Waals surface area contributed by atoms with Gasteiger partial charge in [0.05, 0.1) is 16.7 Å². The van der Waals surface area contributed by atoms with Crippen molar-refractivity contribution < 1.29 is 4.79 Å². The molecule has 0 fully saturated rings. The lowest BCUT2D eigenvalue weighted by Crippen LogP contribution is -2.26. The summed E-state index contributed by atoms with van der Waals surface area (Å²) in [6, 6.07) is 9.36. The Labute approximate surface area is 169 Å². The molecule has 2 heterocycles. The number of ketones is 1. The van der Waals surface area contributed by atoms with E-state index < -0.39 is 0 Å². The van der Waals surface area contributed by atoms with Gasteiger partial charge in [-0.3, -0.25) is 14.2 Å². The first-order chi connectivity index (χ1) is 13.4. The van der Waals surface area contributed by atoms with Crippen LogP contribution in [0, 0.1) is 13.8 Å². The SMILES string of the molecule is CC[C@@H](C)n1c(SCC(=O)c2cc(C)n(CC)c2C)nc2ccccc2c1=O. The van der Waals surface area contributed by atoms with Crippen molar-refractivity contribution in [1.29, 1.82) is 0 Å². The fourth-order valence-corrected chi connectivity index (χ4v) is 4.56. The zero-order chi connectivity index (χ0) is 20.4. The van der Waals surface area contributed by atoms with Gasteiger partial charge < -0.3 is 4.57 Å². The highest BCUT2D eigenvalue weighted by Gasteiger charge is 2.19. The molecule has 3 rings (SSSR count). The van der Waals surface area contributed by atoms with Crippen molar-refractivity contribution in [3.05, 3.63) is 57.6 Å². The second-order valence-corrected chi connectivity index (χ2v) is 8.03. The average Bonchev–Trinajstić information content (AvgIpc) is 2.99. The van der Waals surface area contributed by atoms with E-state index in [-0.39, 0.29) is 23.1 Å². The number of carbonyl (C=O) groups is 1. The second kappa shape index (κ2) is 8.35. The molecule has 0 radical (unpaired) electrons. The summed E-state index contributed by atoms with van der Waals surface area (Å²) in [6.45, 7) is 11.0. The van der Waals surface area contributed by atoms with E-state index >= 15 is 0 Å². The number of nitrogens with zero attached hydrogens (tertiary/aromatic N) is 3. The van der Waals surface area contributed by atoms with Gasteiger partial charge in [0, 0.05) is 29.5 Å². The van der Waals surface area contributed by atoms with Gasteiger partial charge in [-0.25, -0.2) is 4.98 Å². The summed E-state index contributed by atoms with van der Waals surface area (Å²) >= 11 is 1.35. The maximum Gasteiger partial charge on any atom is 0.262 e. The molecule has 0 unspecified atom stereocenters. The Hall–Kier alpha value is -2.34. The molecule has 3 aromatic rings. The van der Waals surface area contributed by atoms with Crippen molar-refractivity contribution in [3.8, 4) is 0 Å². The van der Waals surface area contributed by atoms with Crippen LogP contribution in [0.4, 0.5) is 0 Å². The third-order valence-corrected chi connectivity index (χ3v) is 6.28. The summed E-state index contributed by atoms with van der Waals surface area (Å²) in [5, 5.41) is 1.22. The number of hydrogen-bond acceptors (Lipinski definition) is 4. The van der Waals surface area contributed by atoms with E-state index in [0.717, 1.165) is 29.9 Å². The van der Waals surface area contributed by atoms with Crippen LogP contribution in [0.5, 0.6) is 0 Å². The molecule has 2 aromatic heterocycles. The fourth-order valence-electron chi connectivity index (χ4n) is 3.58. The van der Waals surface area contributed by atoms with Gasteiger partial charge in [0.15, 0.2) is 10.9 Å². The van der Waals surface area contributed by atoms with Gasteiger partial charge in [-0.2, -0.15) is 0 Å². The summed E-state index contributed by atoms with van der Waals surface area (Å²) in [6.07, 6.45) is 0.819. The van der Waals surface area contributed by atoms with Gasteiger partial charge in [0.25, 0.3) is 5.56 Å². The first-order valence-corrected chi connectivity index (χ1v) is 10.7. The molecule has 148 valence electrons. The fraction of sp³-hybridized carbons (Fsp3) is 0.409. The summed E-state index contributed by atoms with van der Waals surface area (Å²) in [4.78, 5) is 30.6. The average molecular weight is 398 g/mol. The Morgan fingerprint density at radius 3 is 2.57 bits per heavy atom. The minimum absolute atomic E-state index is 0.0207. The van der Waals surface area contributed by atoms with Crippen molar-refractivity contribution in [2.75, 3.05) is 5.75 Å². The Morgan fingerprint density at radius 1 is 1.21 bits per heavy atom. The summed E-state index contributed by atoms with van der Waals surface area (Å²) in [5.41, 5.74) is 3.47. The van der Waals surface area contributed by atoms with Crippen molar-refractivity contribution in [2.45, 2.75) is 58.8 Å². The monoisotopic (exact) mass is 397 g/mol. The van der Waals surface area contributed by atoms with E-state index in [9.17, 15) is 9.59 Å². The molecular formula is C22H27N3O2S. The standard InChI is InChI=1S/C22H27N3O2S/c1-6-14(3)25-21(27)17-10-8-9-11-19(17)23-22(25)28-13-20(26)18-12-15(4)24(7-2)16(18)5/h8-12,14H,6-7,13H2,1-5H3/t14-/m1/s1. The number of rotatable bonds is 7. The predicted octanol–water partition coefficient (Wildman–Crippen LogP) is 4.78. The Kier molecular flexibility index (Phi) is 6.08. The smallest absolute Gasteiger partial charge is 0.262 e. The van der Waals surface area contributed by atoms with Crippen LogP contribution < -0.4 is 5.56 Å². The quantitative estimate of drug-likeness (QED) is 0.327. The Morgan fingerprint density at radius 2 is 1.93 bits per heavy atom. The van der Waals surface area contributed by atoms with E-state index in [4.69, 9.17) is 4.98 Å². The summed E-state index contributed by atoms with van der Waals surface area (Å²) in [7, 11) is 0. The normalized spacial score (nSPS) is 12.5. The molecule has 0 aliphatic heterocycles. The third-order valence-electron chi connectivity index (χ3n) is 5.33. The van der Waals surface area contributed by atoms with Crippen LogP contribution >= 0.6 is 11.8 Å². The van der Waals surface area contributed by atoms with Gasteiger partial charge in [-0.05, 0) is 52.3 Å². The van der Waals surface area contributed by atoms with Crippen LogP contribution in [0.25, 0.3) is 10.9 Å². The maximum absolute atomic E-state index is 13.0. The van der Waals surface area contributed by atoms with Gasteiger partial charge in [0.2, 0.25) is 0 Å². The lowest BCUT2D eigenvalue weighted by molar-refractivity contribution is 0.102. The van der Waals surface area contributed by atoms with Crippen LogP contribution in [0.15, 0.2) is 40.3 Å². The van der Waals surface area contributed by atoms with Crippen LogP contribution in [0.2, 0.25) is 0 Å². The van der Waals surface area contributed by atoms with Gasteiger partial charge in [0.1, 0.15) is 0 Å². The van der Waals surface area contributed by atoms with E-state index in [1.165, 1.54) is 11.8 Å². The summed E-state index contributed by atoms with van der Waals surface area (Å²) < 4.78 is 3.87. The number of thioether (sulfide) groups is 1.